The number of piperidine rings is 1. The Balaban J connectivity index is 1.59. The zero-order valence-corrected chi connectivity index (χ0v) is 16.4. The first kappa shape index (κ1) is 19.7. The van der Waals surface area contributed by atoms with Crippen molar-refractivity contribution in [2.45, 2.75) is 38.6 Å². The molecule has 0 unspecified atom stereocenters. The Hall–Kier alpha value is -2.08. The highest BCUT2D eigenvalue weighted by Crippen LogP contribution is 2.32. The Morgan fingerprint density at radius 1 is 1.11 bits per heavy atom. The van der Waals surface area contributed by atoms with Crippen LogP contribution in [0.2, 0.25) is 0 Å². The lowest BCUT2D eigenvalue weighted by Crippen LogP contribution is -2.46. The van der Waals surface area contributed by atoms with Gasteiger partial charge in [-0.15, -0.1) is 0 Å². The van der Waals surface area contributed by atoms with Crippen LogP contribution in [0, 0.1) is 5.92 Å². The topological polar surface area (TPSA) is 59.1 Å². The van der Waals surface area contributed by atoms with Crippen molar-refractivity contribution in [1.82, 2.24) is 9.80 Å². The summed E-state index contributed by atoms with van der Waals surface area (Å²) in [6, 6.07) is 8.39. The van der Waals surface area contributed by atoms with Crippen molar-refractivity contribution in [3.05, 3.63) is 29.8 Å². The minimum atomic E-state index is -0.182. The van der Waals surface area contributed by atoms with Crippen molar-refractivity contribution >= 4 is 11.9 Å². The maximum Gasteiger partial charge on any atom is 0.310 e. The number of esters is 1. The second kappa shape index (κ2) is 9.22. The number of benzene rings is 1. The Bertz CT molecular complexity index is 646. The molecule has 0 aromatic heterocycles. The Kier molecular flexibility index (Phi) is 6.72. The molecular weight excluding hydrogens is 344 g/mol. The lowest BCUT2D eigenvalue weighted by molar-refractivity contribution is -0.151. The van der Waals surface area contributed by atoms with Crippen molar-refractivity contribution in [2.24, 2.45) is 5.92 Å². The Labute approximate surface area is 161 Å². The summed E-state index contributed by atoms with van der Waals surface area (Å²) in [5, 5.41) is 0. The van der Waals surface area contributed by atoms with Gasteiger partial charge in [0.1, 0.15) is 5.75 Å². The van der Waals surface area contributed by atoms with Gasteiger partial charge in [0.15, 0.2) is 0 Å². The largest absolute Gasteiger partial charge is 0.497 e. The molecule has 1 aromatic rings. The summed E-state index contributed by atoms with van der Waals surface area (Å²) in [6.07, 6.45) is 3.82. The Morgan fingerprint density at radius 3 is 2.56 bits per heavy atom. The number of ether oxygens (including phenoxy) is 2. The average molecular weight is 374 g/mol. The van der Waals surface area contributed by atoms with Gasteiger partial charge in [-0.25, -0.2) is 0 Å². The maximum atomic E-state index is 12.9. The first-order valence-corrected chi connectivity index (χ1v) is 9.94. The smallest absolute Gasteiger partial charge is 0.310 e. The number of amides is 1. The third kappa shape index (κ3) is 4.80. The van der Waals surface area contributed by atoms with E-state index in [1.165, 1.54) is 5.56 Å². The van der Waals surface area contributed by atoms with Crippen LogP contribution in [0.15, 0.2) is 24.3 Å². The summed E-state index contributed by atoms with van der Waals surface area (Å²) >= 11 is 0. The van der Waals surface area contributed by atoms with E-state index in [0.717, 1.165) is 44.5 Å². The number of hydrogen-bond acceptors (Lipinski definition) is 5. The van der Waals surface area contributed by atoms with Crippen LogP contribution < -0.4 is 4.74 Å². The van der Waals surface area contributed by atoms with Gasteiger partial charge in [0.2, 0.25) is 5.91 Å². The van der Waals surface area contributed by atoms with Gasteiger partial charge in [0.25, 0.3) is 0 Å². The van der Waals surface area contributed by atoms with Crippen LogP contribution >= 0.6 is 0 Å². The molecule has 2 aliphatic rings. The SMILES string of the molecule is CCOC(=O)[C@H]1CCCN(C(=O)CN2CCC[C@@H]2c2ccc(OC)cc2)C1. The highest BCUT2D eigenvalue weighted by atomic mass is 16.5. The summed E-state index contributed by atoms with van der Waals surface area (Å²) in [5.41, 5.74) is 1.23. The molecule has 3 rings (SSSR count). The molecule has 2 saturated heterocycles. The molecule has 2 heterocycles. The minimum Gasteiger partial charge on any atom is -0.497 e. The van der Waals surface area contributed by atoms with Crippen molar-refractivity contribution in [3.8, 4) is 5.75 Å². The summed E-state index contributed by atoms with van der Waals surface area (Å²) in [4.78, 5) is 29.0. The third-order valence-electron chi connectivity index (χ3n) is 5.60. The van der Waals surface area contributed by atoms with Crippen LogP contribution in [-0.2, 0) is 14.3 Å². The van der Waals surface area contributed by atoms with Crippen LogP contribution in [0.1, 0.15) is 44.2 Å². The standard InChI is InChI=1S/C21H30N2O4/c1-3-27-21(25)17-6-4-13-23(14-17)20(24)15-22-12-5-7-19(22)16-8-10-18(26-2)11-9-16/h8-11,17,19H,3-7,12-15H2,1-2H3/t17-,19+/m0/s1. The molecule has 0 bridgehead atoms. The molecule has 27 heavy (non-hydrogen) atoms. The van der Waals surface area contributed by atoms with E-state index in [0.29, 0.717) is 19.7 Å². The first-order chi connectivity index (χ1) is 13.1. The van der Waals surface area contributed by atoms with Gasteiger partial charge in [0.05, 0.1) is 26.2 Å². The fourth-order valence-electron chi connectivity index (χ4n) is 4.15. The molecule has 2 aliphatic heterocycles. The van der Waals surface area contributed by atoms with E-state index in [1.807, 2.05) is 24.0 Å². The van der Waals surface area contributed by atoms with Crippen LogP contribution in [0.3, 0.4) is 0 Å². The summed E-state index contributed by atoms with van der Waals surface area (Å²) in [5.74, 6) is 0.605. The van der Waals surface area contributed by atoms with E-state index in [2.05, 4.69) is 17.0 Å². The normalized spacial score (nSPS) is 23.3. The van der Waals surface area contributed by atoms with Gasteiger partial charge in [-0.3, -0.25) is 14.5 Å². The van der Waals surface area contributed by atoms with Crippen molar-refractivity contribution in [2.75, 3.05) is 39.9 Å². The Morgan fingerprint density at radius 2 is 1.85 bits per heavy atom. The van der Waals surface area contributed by atoms with E-state index < -0.39 is 0 Å². The second-order valence-corrected chi connectivity index (χ2v) is 7.33. The molecule has 148 valence electrons. The van der Waals surface area contributed by atoms with Gasteiger partial charge < -0.3 is 14.4 Å². The molecule has 0 N–H and O–H groups in total. The van der Waals surface area contributed by atoms with Gasteiger partial charge in [-0.1, -0.05) is 12.1 Å². The van der Waals surface area contributed by atoms with Crippen molar-refractivity contribution in [1.29, 1.82) is 0 Å². The predicted octanol–water partition coefficient (Wildman–Crippen LogP) is 2.63. The summed E-state index contributed by atoms with van der Waals surface area (Å²) < 4.78 is 10.4. The molecule has 1 amide bonds. The number of rotatable bonds is 6. The maximum absolute atomic E-state index is 12.9. The quantitative estimate of drug-likeness (QED) is 0.717. The molecule has 6 heteroatoms. The molecule has 0 spiro atoms. The van der Waals surface area contributed by atoms with E-state index >= 15 is 0 Å². The fourth-order valence-corrected chi connectivity index (χ4v) is 4.15. The molecular formula is C21H30N2O4. The highest BCUT2D eigenvalue weighted by Gasteiger charge is 2.32. The van der Waals surface area contributed by atoms with Gasteiger partial charge in [-0.2, -0.15) is 0 Å². The van der Waals surface area contributed by atoms with Crippen molar-refractivity contribution in [3.63, 3.8) is 0 Å². The summed E-state index contributed by atoms with van der Waals surface area (Å²) in [7, 11) is 1.66. The second-order valence-electron chi connectivity index (χ2n) is 7.33. The first-order valence-electron chi connectivity index (χ1n) is 9.94. The number of carbonyl (C=O) groups is 2. The molecule has 6 nitrogen and oxygen atoms in total. The molecule has 2 atom stereocenters. The van der Waals surface area contributed by atoms with E-state index in [-0.39, 0.29) is 23.8 Å². The van der Waals surface area contributed by atoms with E-state index in [9.17, 15) is 9.59 Å². The number of hydrogen-bond donors (Lipinski definition) is 0. The van der Waals surface area contributed by atoms with E-state index in [4.69, 9.17) is 9.47 Å². The predicted molar refractivity (Wildman–Crippen MR) is 102 cm³/mol. The highest BCUT2D eigenvalue weighted by molar-refractivity contribution is 5.80. The zero-order chi connectivity index (χ0) is 19.2. The molecule has 0 radical (unpaired) electrons. The van der Waals surface area contributed by atoms with Crippen LogP contribution in [0.5, 0.6) is 5.75 Å². The average Bonchev–Trinajstić information content (AvgIpc) is 3.16. The van der Waals surface area contributed by atoms with Crippen LogP contribution in [0.4, 0.5) is 0 Å². The van der Waals surface area contributed by atoms with Gasteiger partial charge in [0, 0.05) is 19.1 Å². The number of carbonyl (C=O) groups excluding carboxylic acids is 2. The zero-order valence-electron chi connectivity index (χ0n) is 16.4. The number of likely N-dealkylation sites (tertiary alicyclic amines) is 2. The molecule has 0 aliphatic carbocycles. The molecule has 1 aromatic carbocycles. The lowest BCUT2D eigenvalue weighted by Gasteiger charge is -2.33. The van der Waals surface area contributed by atoms with E-state index in [1.54, 1.807) is 7.11 Å². The van der Waals surface area contributed by atoms with Crippen LogP contribution in [-0.4, -0.2) is 61.6 Å². The number of nitrogens with zero attached hydrogens (tertiary/aromatic N) is 2. The van der Waals surface area contributed by atoms with Gasteiger partial charge in [-0.05, 0) is 56.8 Å². The fraction of sp³-hybridized carbons (Fsp3) is 0.619. The molecule has 0 saturated carbocycles. The van der Waals surface area contributed by atoms with Crippen molar-refractivity contribution < 1.29 is 19.1 Å². The minimum absolute atomic E-state index is 0.115. The van der Waals surface area contributed by atoms with Gasteiger partial charge >= 0.3 is 5.97 Å². The lowest BCUT2D eigenvalue weighted by atomic mass is 9.98. The monoisotopic (exact) mass is 374 g/mol. The molecule has 2 fully saturated rings. The third-order valence-corrected chi connectivity index (χ3v) is 5.60. The summed E-state index contributed by atoms with van der Waals surface area (Å²) in [6.45, 7) is 4.76. The number of methoxy groups -OCH3 is 1. The van der Waals surface area contributed by atoms with Crippen LogP contribution in [0.25, 0.3) is 0 Å².